The Labute approximate surface area is 182 Å². The van der Waals surface area contributed by atoms with Crippen LogP contribution in [0.5, 0.6) is 0 Å². The highest BCUT2D eigenvalue weighted by Gasteiger charge is 2.13. The summed E-state index contributed by atoms with van der Waals surface area (Å²) in [5, 5.41) is 3.36. The number of nitrogens with zero attached hydrogens (tertiary/aromatic N) is 3. The zero-order chi connectivity index (χ0) is 22.3. The summed E-state index contributed by atoms with van der Waals surface area (Å²) in [6, 6.07) is 1.22. The Kier molecular flexibility index (Phi) is 20.5. The van der Waals surface area contributed by atoms with Crippen LogP contribution >= 0.6 is 0 Å². The van der Waals surface area contributed by atoms with Gasteiger partial charge in [0.25, 0.3) is 0 Å². The van der Waals surface area contributed by atoms with Crippen LogP contribution in [0.4, 0.5) is 0 Å². The van der Waals surface area contributed by atoms with Crippen molar-refractivity contribution in [1.29, 1.82) is 0 Å². The molecule has 0 fully saturated rings. The van der Waals surface area contributed by atoms with E-state index in [0.717, 1.165) is 12.8 Å². The second kappa shape index (κ2) is 21.2. The van der Waals surface area contributed by atoms with E-state index in [2.05, 4.69) is 29.7 Å². The normalized spacial score (nSPS) is 11.4. The van der Waals surface area contributed by atoms with Gasteiger partial charge in [-0.2, -0.15) is 0 Å². The van der Waals surface area contributed by atoms with Crippen molar-refractivity contribution in [2.75, 3.05) is 72.6 Å². The summed E-state index contributed by atoms with van der Waals surface area (Å²) in [5.74, 6) is 0.354. The Morgan fingerprint density at radius 2 is 1.17 bits per heavy atom. The van der Waals surface area contributed by atoms with E-state index in [-0.39, 0.29) is 0 Å². The van der Waals surface area contributed by atoms with Gasteiger partial charge in [0.15, 0.2) is 0 Å². The van der Waals surface area contributed by atoms with E-state index in [1.807, 2.05) is 0 Å². The third kappa shape index (κ3) is 25.0. The molecule has 0 bridgehead atoms. The summed E-state index contributed by atoms with van der Waals surface area (Å²) in [4.78, 5) is 14.4. The molecule has 10 heteroatoms. The van der Waals surface area contributed by atoms with Crippen molar-refractivity contribution in [2.24, 2.45) is 5.11 Å². The Morgan fingerprint density at radius 3 is 1.63 bits per heavy atom. The highest BCUT2D eigenvalue weighted by Crippen LogP contribution is 2.13. The van der Waals surface area contributed by atoms with Crippen LogP contribution in [0.15, 0.2) is 5.11 Å². The van der Waals surface area contributed by atoms with Crippen LogP contribution in [0.3, 0.4) is 0 Å². The molecule has 0 atom stereocenters. The summed E-state index contributed by atoms with van der Waals surface area (Å²) in [6.45, 7) is 12.4. The van der Waals surface area contributed by atoms with Gasteiger partial charge in [0.1, 0.15) is 5.78 Å². The van der Waals surface area contributed by atoms with Gasteiger partial charge in [-0.15, -0.1) is 0 Å². The van der Waals surface area contributed by atoms with E-state index in [0.29, 0.717) is 91.2 Å². The molecular formula is C20H41N3O6Si. The van der Waals surface area contributed by atoms with Gasteiger partial charge in [-0.3, -0.25) is 4.79 Å². The average Bonchev–Trinajstić information content (AvgIpc) is 2.68. The van der Waals surface area contributed by atoms with Gasteiger partial charge in [-0.25, -0.2) is 0 Å². The number of rotatable bonds is 23. The first kappa shape index (κ1) is 29.0. The predicted octanol–water partition coefficient (Wildman–Crippen LogP) is 3.85. The van der Waals surface area contributed by atoms with Crippen LogP contribution in [0, 0.1) is 0 Å². The van der Waals surface area contributed by atoms with Crippen molar-refractivity contribution < 1.29 is 28.5 Å². The summed E-state index contributed by atoms with van der Waals surface area (Å²) in [5.41, 5.74) is 8.10. The highest BCUT2D eigenvalue weighted by molar-refractivity contribution is 6.76. The number of carbonyl (C=O) groups excluding carboxylic acids is 1. The first-order valence-corrected chi connectivity index (χ1v) is 14.6. The molecular weight excluding hydrogens is 406 g/mol. The van der Waals surface area contributed by atoms with E-state index in [4.69, 9.17) is 29.2 Å². The maximum atomic E-state index is 11.8. The van der Waals surface area contributed by atoms with Crippen molar-refractivity contribution in [1.82, 2.24) is 0 Å². The number of ether oxygens (including phenoxy) is 5. The fourth-order valence-electron chi connectivity index (χ4n) is 2.44. The molecule has 0 radical (unpaired) electrons. The Hall–Kier alpha value is -1.00. The SMILES string of the molecule is C[Si](C)(C)CCCC(=O)CCCOCCOCCOCCOCCOCCN=[N+]=[N-]. The van der Waals surface area contributed by atoms with Crippen molar-refractivity contribution in [2.45, 2.75) is 51.4 Å². The number of Topliss-reactive ketones (excluding diaryl/α,β-unsaturated/α-hetero) is 1. The topological polar surface area (TPSA) is 112 Å². The van der Waals surface area contributed by atoms with Gasteiger partial charge in [0.05, 0.1) is 59.5 Å². The lowest BCUT2D eigenvalue weighted by molar-refractivity contribution is -0.119. The van der Waals surface area contributed by atoms with E-state index in [1.165, 1.54) is 6.04 Å². The van der Waals surface area contributed by atoms with Crippen LogP contribution in [-0.4, -0.2) is 86.5 Å². The Balaban J connectivity index is 3.16. The van der Waals surface area contributed by atoms with Crippen LogP contribution in [0.25, 0.3) is 10.4 Å². The molecule has 0 spiro atoms. The molecule has 0 rings (SSSR count). The van der Waals surface area contributed by atoms with Crippen molar-refractivity contribution in [3.8, 4) is 0 Å². The smallest absolute Gasteiger partial charge is 0.132 e. The summed E-state index contributed by atoms with van der Waals surface area (Å²) in [6.07, 6.45) is 3.15. The molecule has 176 valence electrons. The minimum absolute atomic E-state index is 0.337. The largest absolute Gasteiger partial charge is 0.379 e. The number of carbonyl (C=O) groups is 1. The maximum Gasteiger partial charge on any atom is 0.132 e. The minimum atomic E-state index is -1.03. The third-order valence-corrected chi connectivity index (χ3v) is 5.87. The van der Waals surface area contributed by atoms with Crippen LogP contribution in [-0.2, 0) is 28.5 Å². The molecule has 30 heavy (non-hydrogen) atoms. The molecule has 0 saturated carbocycles. The molecule has 0 aliphatic heterocycles. The van der Waals surface area contributed by atoms with E-state index >= 15 is 0 Å². The second-order valence-corrected chi connectivity index (χ2v) is 13.7. The molecule has 0 aromatic carbocycles. The molecule has 0 aliphatic rings. The fourth-order valence-corrected chi connectivity index (χ4v) is 3.68. The lowest BCUT2D eigenvalue weighted by Gasteiger charge is -2.14. The molecule has 0 aliphatic carbocycles. The van der Waals surface area contributed by atoms with E-state index in [1.54, 1.807) is 0 Å². The van der Waals surface area contributed by atoms with Crippen LogP contribution < -0.4 is 0 Å². The minimum Gasteiger partial charge on any atom is -0.379 e. The van der Waals surface area contributed by atoms with Gasteiger partial charge in [-0.05, 0) is 18.4 Å². The molecule has 0 saturated heterocycles. The zero-order valence-corrected chi connectivity index (χ0v) is 20.1. The zero-order valence-electron chi connectivity index (χ0n) is 19.1. The number of hydrogen-bond acceptors (Lipinski definition) is 7. The number of hydrogen-bond donors (Lipinski definition) is 0. The fraction of sp³-hybridized carbons (Fsp3) is 0.950. The number of azide groups is 1. The second-order valence-electron chi connectivity index (χ2n) is 8.07. The van der Waals surface area contributed by atoms with Gasteiger partial charge < -0.3 is 23.7 Å². The highest BCUT2D eigenvalue weighted by atomic mass is 28.3. The van der Waals surface area contributed by atoms with Gasteiger partial charge in [-0.1, -0.05) is 30.8 Å². The molecule has 0 aromatic heterocycles. The molecule has 0 aromatic rings. The Bertz CT molecular complexity index is 456. The van der Waals surface area contributed by atoms with Gasteiger partial charge in [0, 0.05) is 39.0 Å². The molecule has 0 heterocycles. The predicted molar refractivity (Wildman–Crippen MR) is 120 cm³/mol. The standard InChI is InChI=1S/C20H41N3O6Si/c1-30(2,3)19-5-7-20(24)6-4-9-25-11-13-27-15-17-29-18-16-28-14-12-26-10-8-22-23-21/h4-19H2,1-3H3. The summed E-state index contributed by atoms with van der Waals surface area (Å²) >= 11 is 0. The van der Waals surface area contributed by atoms with Crippen LogP contribution in [0.2, 0.25) is 25.7 Å². The Morgan fingerprint density at radius 1 is 0.733 bits per heavy atom. The number of ketones is 1. The lowest BCUT2D eigenvalue weighted by atomic mass is 10.1. The summed E-state index contributed by atoms with van der Waals surface area (Å²) in [7, 11) is -1.03. The van der Waals surface area contributed by atoms with Crippen molar-refractivity contribution in [3.63, 3.8) is 0 Å². The first-order chi connectivity index (χ1) is 14.5. The van der Waals surface area contributed by atoms with Gasteiger partial charge >= 0.3 is 0 Å². The molecule has 0 N–H and O–H groups in total. The molecule has 0 amide bonds. The van der Waals surface area contributed by atoms with Crippen molar-refractivity contribution >= 4 is 13.9 Å². The average molecular weight is 448 g/mol. The first-order valence-electron chi connectivity index (χ1n) is 10.9. The quantitative estimate of drug-likeness (QED) is 0.0773. The molecule has 9 nitrogen and oxygen atoms in total. The maximum absolute atomic E-state index is 11.8. The lowest BCUT2D eigenvalue weighted by Crippen LogP contribution is -2.19. The van der Waals surface area contributed by atoms with Crippen LogP contribution in [0.1, 0.15) is 25.7 Å². The van der Waals surface area contributed by atoms with Crippen molar-refractivity contribution in [3.05, 3.63) is 10.4 Å². The van der Waals surface area contributed by atoms with E-state index < -0.39 is 8.07 Å². The molecule has 0 unspecified atom stereocenters. The monoisotopic (exact) mass is 447 g/mol. The van der Waals surface area contributed by atoms with E-state index in [9.17, 15) is 4.79 Å². The third-order valence-electron chi connectivity index (χ3n) is 4.01. The summed E-state index contributed by atoms with van der Waals surface area (Å²) < 4.78 is 26.9. The van der Waals surface area contributed by atoms with Gasteiger partial charge in [0.2, 0.25) is 0 Å².